The SMILES string of the molecule is COC(C)C(C)NC1CCCS(=O)(=O)C1. The zero-order valence-electron chi connectivity index (χ0n) is 9.69. The lowest BCUT2D eigenvalue weighted by molar-refractivity contribution is 0.0847. The molecule has 1 N–H and O–H groups in total. The molecule has 0 spiro atoms. The average Bonchev–Trinajstić information content (AvgIpc) is 2.14. The zero-order chi connectivity index (χ0) is 11.5. The molecular formula is C10H21NO3S. The van der Waals surface area contributed by atoms with Crippen molar-refractivity contribution in [1.29, 1.82) is 0 Å². The standard InChI is InChI=1S/C10H21NO3S/c1-8(9(2)14-3)11-10-5-4-6-15(12,13)7-10/h8-11H,4-7H2,1-3H3. The van der Waals surface area contributed by atoms with E-state index in [0.717, 1.165) is 12.8 Å². The number of ether oxygens (including phenoxy) is 1. The second-order valence-electron chi connectivity index (χ2n) is 4.35. The quantitative estimate of drug-likeness (QED) is 0.774. The zero-order valence-corrected chi connectivity index (χ0v) is 10.5. The van der Waals surface area contributed by atoms with Gasteiger partial charge in [-0.3, -0.25) is 0 Å². The molecule has 15 heavy (non-hydrogen) atoms. The molecule has 0 aromatic carbocycles. The minimum atomic E-state index is -2.81. The van der Waals surface area contributed by atoms with Gasteiger partial charge in [-0.1, -0.05) is 0 Å². The predicted molar refractivity (Wildman–Crippen MR) is 60.7 cm³/mol. The lowest BCUT2D eigenvalue weighted by Crippen LogP contribution is -2.48. The Balaban J connectivity index is 2.45. The van der Waals surface area contributed by atoms with Crippen LogP contribution in [-0.4, -0.2) is 45.2 Å². The van der Waals surface area contributed by atoms with Crippen LogP contribution in [-0.2, 0) is 14.6 Å². The van der Waals surface area contributed by atoms with Crippen LogP contribution in [0.25, 0.3) is 0 Å². The first kappa shape index (κ1) is 12.9. The molecule has 0 bridgehead atoms. The fourth-order valence-electron chi connectivity index (χ4n) is 1.87. The summed E-state index contributed by atoms with van der Waals surface area (Å²) in [5.41, 5.74) is 0. The highest BCUT2D eigenvalue weighted by atomic mass is 32.2. The Morgan fingerprint density at radius 3 is 2.60 bits per heavy atom. The minimum absolute atomic E-state index is 0.0938. The normalized spacial score (nSPS) is 29.7. The van der Waals surface area contributed by atoms with Gasteiger partial charge in [-0.05, 0) is 26.7 Å². The van der Waals surface area contributed by atoms with E-state index in [2.05, 4.69) is 5.32 Å². The van der Waals surface area contributed by atoms with E-state index in [0.29, 0.717) is 5.75 Å². The van der Waals surface area contributed by atoms with Gasteiger partial charge in [0.05, 0.1) is 17.6 Å². The number of methoxy groups -OCH3 is 1. The molecule has 4 nitrogen and oxygen atoms in total. The number of rotatable bonds is 4. The largest absolute Gasteiger partial charge is 0.380 e. The molecule has 5 heteroatoms. The van der Waals surface area contributed by atoms with Crippen LogP contribution >= 0.6 is 0 Å². The summed E-state index contributed by atoms with van der Waals surface area (Å²) in [7, 11) is -1.15. The van der Waals surface area contributed by atoms with Crippen LogP contribution in [0.3, 0.4) is 0 Å². The highest BCUT2D eigenvalue weighted by Gasteiger charge is 2.26. The number of sulfone groups is 1. The van der Waals surface area contributed by atoms with Crippen LogP contribution in [0.5, 0.6) is 0 Å². The summed E-state index contributed by atoms with van der Waals surface area (Å²) in [6, 6.07) is 0.282. The third-order valence-corrected chi connectivity index (χ3v) is 4.86. The van der Waals surface area contributed by atoms with Gasteiger partial charge in [0.25, 0.3) is 0 Å². The number of nitrogens with one attached hydrogen (secondary N) is 1. The molecule has 1 aliphatic heterocycles. The predicted octanol–water partition coefficient (Wildman–Crippen LogP) is 0.577. The van der Waals surface area contributed by atoms with Crippen LogP contribution in [0.2, 0.25) is 0 Å². The molecule has 0 saturated carbocycles. The third kappa shape index (κ3) is 4.09. The van der Waals surface area contributed by atoms with Crippen molar-refractivity contribution in [2.45, 2.75) is 44.9 Å². The molecule has 3 atom stereocenters. The minimum Gasteiger partial charge on any atom is -0.380 e. The molecular weight excluding hydrogens is 214 g/mol. The summed E-state index contributed by atoms with van der Waals surface area (Å²) < 4.78 is 28.0. The Kier molecular flexibility index (Phi) is 4.55. The lowest BCUT2D eigenvalue weighted by atomic mass is 10.1. The summed E-state index contributed by atoms with van der Waals surface area (Å²) in [6.07, 6.45) is 1.82. The molecule has 90 valence electrons. The molecule has 1 heterocycles. The monoisotopic (exact) mass is 235 g/mol. The average molecular weight is 235 g/mol. The van der Waals surface area contributed by atoms with Gasteiger partial charge in [-0.25, -0.2) is 8.42 Å². The van der Waals surface area contributed by atoms with Crippen molar-refractivity contribution in [2.24, 2.45) is 0 Å². The second kappa shape index (κ2) is 5.27. The maximum absolute atomic E-state index is 11.4. The first-order valence-electron chi connectivity index (χ1n) is 5.44. The van der Waals surface area contributed by atoms with Crippen molar-refractivity contribution in [1.82, 2.24) is 5.32 Å². The Bertz CT molecular complexity index is 289. The summed E-state index contributed by atoms with van der Waals surface area (Å²) in [5, 5.41) is 3.32. The first-order valence-corrected chi connectivity index (χ1v) is 7.26. The van der Waals surface area contributed by atoms with E-state index in [-0.39, 0.29) is 23.9 Å². The fraction of sp³-hybridized carbons (Fsp3) is 1.00. The Morgan fingerprint density at radius 2 is 2.07 bits per heavy atom. The van der Waals surface area contributed by atoms with E-state index in [4.69, 9.17) is 4.74 Å². The van der Waals surface area contributed by atoms with Crippen molar-refractivity contribution in [3.8, 4) is 0 Å². The lowest BCUT2D eigenvalue weighted by Gasteiger charge is -2.29. The molecule has 1 rings (SSSR count). The molecule has 1 saturated heterocycles. The smallest absolute Gasteiger partial charge is 0.151 e. The van der Waals surface area contributed by atoms with Gasteiger partial charge in [-0.2, -0.15) is 0 Å². The summed E-state index contributed by atoms with van der Waals surface area (Å²) in [5.74, 6) is 0.618. The highest BCUT2D eigenvalue weighted by molar-refractivity contribution is 7.91. The Morgan fingerprint density at radius 1 is 1.40 bits per heavy atom. The molecule has 3 unspecified atom stereocenters. The number of hydrogen-bond donors (Lipinski definition) is 1. The topological polar surface area (TPSA) is 55.4 Å². The summed E-state index contributed by atoms with van der Waals surface area (Å²) in [6.45, 7) is 4.00. The van der Waals surface area contributed by atoms with Crippen molar-refractivity contribution in [3.63, 3.8) is 0 Å². The third-order valence-electron chi connectivity index (χ3n) is 3.04. The van der Waals surface area contributed by atoms with Crippen LogP contribution < -0.4 is 5.32 Å². The van der Waals surface area contributed by atoms with Crippen molar-refractivity contribution < 1.29 is 13.2 Å². The van der Waals surface area contributed by atoms with E-state index in [1.807, 2.05) is 13.8 Å². The van der Waals surface area contributed by atoms with E-state index in [1.165, 1.54) is 0 Å². The number of hydrogen-bond acceptors (Lipinski definition) is 4. The van der Waals surface area contributed by atoms with E-state index < -0.39 is 9.84 Å². The fourth-order valence-corrected chi connectivity index (χ4v) is 3.51. The van der Waals surface area contributed by atoms with E-state index >= 15 is 0 Å². The van der Waals surface area contributed by atoms with Crippen LogP contribution in [0.15, 0.2) is 0 Å². The van der Waals surface area contributed by atoms with Gasteiger partial charge in [0.1, 0.15) is 0 Å². The molecule has 0 aromatic rings. The maximum atomic E-state index is 11.4. The second-order valence-corrected chi connectivity index (χ2v) is 6.58. The Labute approximate surface area is 92.3 Å². The van der Waals surface area contributed by atoms with Gasteiger partial charge in [0, 0.05) is 19.2 Å². The van der Waals surface area contributed by atoms with Crippen molar-refractivity contribution in [2.75, 3.05) is 18.6 Å². The molecule has 1 fully saturated rings. The van der Waals surface area contributed by atoms with Crippen molar-refractivity contribution >= 4 is 9.84 Å². The Hall–Kier alpha value is -0.130. The van der Waals surface area contributed by atoms with Gasteiger partial charge < -0.3 is 10.1 Å². The molecule has 0 aromatic heterocycles. The maximum Gasteiger partial charge on any atom is 0.151 e. The molecule has 1 aliphatic rings. The summed E-state index contributed by atoms with van der Waals surface area (Å²) in [4.78, 5) is 0. The first-order chi connectivity index (χ1) is 6.94. The van der Waals surface area contributed by atoms with Gasteiger partial charge >= 0.3 is 0 Å². The van der Waals surface area contributed by atoms with Crippen LogP contribution in [0, 0.1) is 0 Å². The van der Waals surface area contributed by atoms with Gasteiger partial charge in [-0.15, -0.1) is 0 Å². The van der Waals surface area contributed by atoms with Crippen LogP contribution in [0.1, 0.15) is 26.7 Å². The molecule has 0 amide bonds. The van der Waals surface area contributed by atoms with E-state index in [9.17, 15) is 8.42 Å². The van der Waals surface area contributed by atoms with Gasteiger partial charge in [0.2, 0.25) is 0 Å². The van der Waals surface area contributed by atoms with Gasteiger partial charge in [0.15, 0.2) is 9.84 Å². The summed E-state index contributed by atoms with van der Waals surface area (Å²) >= 11 is 0. The molecule has 0 radical (unpaired) electrons. The van der Waals surface area contributed by atoms with Crippen LogP contribution in [0.4, 0.5) is 0 Å². The molecule has 0 aliphatic carbocycles. The van der Waals surface area contributed by atoms with Crippen molar-refractivity contribution in [3.05, 3.63) is 0 Å². The van der Waals surface area contributed by atoms with E-state index in [1.54, 1.807) is 7.11 Å². The highest BCUT2D eigenvalue weighted by Crippen LogP contribution is 2.13.